The lowest BCUT2D eigenvalue weighted by molar-refractivity contribution is 0.282. The molecule has 1 aromatic carbocycles. The van der Waals surface area contributed by atoms with E-state index < -0.39 is 0 Å². The van der Waals surface area contributed by atoms with Gasteiger partial charge in [-0.1, -0.05) is 31.5 Å². The van der Waals surface area contributed by atoms with Gasteiger partial charge in [-0.25, -0.2) is 0 Å². The Labute approximate surface area is 118 Å². The summed E-state index contributed by atoms with van der Waals surface area (Å²) in [5.74, 6) is 1.13. The topological polar surface area (TPSA) is 23.5 Å². The number of anilines is 1. The Morgan fingerprint density at radius 2 is 2.17 bits per heavy atom. The van der Waals surface area contributed by atoms with Gasteiger partial charge >= 0.3 is 0 Å². The van der Waals surface area contributed by atoms with Crippen LogP contribution in [0, 0.1) is 0 Å². The predicted molar refractivity (Wildman–Crippen MR) is 80.7 cm³/mol. The molecule has 1 aliphatic heterocycles. The largest absolute Gasteiger partial charge is 0.392 e. The molecule has 2 nitrogen and oxygen atoms in total. The van der Waals surface area contributed by atoms with Gasteiger partial charge in [0, 0.05) is 23.6 Å². The van der Waals surface area contributed by atoms with Crippen LogP contribution in [0.3, 0.4) is 0 Å². The van der Waals surface area contributed by atoms with Crippen molar-refractivity contribution in [3.63, 3.8) is 0 Å². The smallest absolute Gasteiger partial charge is 0.0682 e. The molecule has 0 atom stereocenters. The molecule has 0 spiro atoms. The van der Waals surface area contributed by atoms with Gasteiger partial charge in [-0.15, -0.1) is 0 Å². The van der Waals surface area contributed by atoms with Crippen LogP contribution in [0.5, 0.6) is 0 Å². The molecule has 18 heavy (non-hydrogen) atoms. The van der Waals surface area contributed by atoms with Crippen LogP contribution in [0.4, 0.5) is 5.69 Å². The lowest BCUT2D eigenvalue weighted by atomic mass is 10.1. The summed E-state index contributed by atoms with van der Waals surface area (Å²) >= 11 is 8.33. The zero-order chi connectivity index (χ0) is 13.2. The molecule has 1 saturated heterocycles. The molecule has 0 aliphatic carbocycles. The van der Waals surface area contributed by atoms with Gasteiger partial charge in [0.05, 0.1) is 17.3 Å². The monoisotopic (exact) mass is 285 g/mol. The highest BCUT2D eigenvalue weighted by Crippen LogP contribution is 2.34. The van der Waals surface area contributed by atoms with Crippen molar-refractivity contribution in [2.45, 2.75) is 31.6 Å². The van der Waals surface area contributed by atoms with Crippen molar-refractivity contribution in [2.24, 2.45) is 0 Å². The van der Waals surface area contributed by atoms with Gasteiger partial charge in [0.15, 0.2) is 0 Å². The normalized spacial score (nSPS) is 19.7. The maximum atomic E-state index is 9.10. The van der Waals surface area contributed by atoms with Gasteiger partial charge in [0.1, 0.15) is 0 Å². The molecular weight excluding hydrogens is 266 g/mol. The van der Waals surface area contributed by atoms with E-state index >= 15 is 0 Å². The molecule has 2 rings (SSSR count). The Kier molecular flexibility index (Phi) is 4.46. The van der Waals surface area contributed by atoms with E-state index in [9.17, 15) is 0 Å². The summed E-state index contributed by atoms with van der Waals surface area (Å²) in [6.45, 7) is 6.72. The lowest BCUT2D eigenvalue weighted by Crippen LogP contribution is -2.27. The summed E-state index contributed by atoms with van der Waals surface area (Å²) in [5, 5.41) is 9.84. The van der Waals surface area contributed by atoms with Gasteiger partial charge < -0.3 is 10.0 Å². The second kappa shape index (κ2) is 5.72. The average molecular weight is 286 g/mol. The van der Waals surface area contributed by atoms with E-state index in [0.717, 1.165) is 41.5 Å². The Hall–Kier alpha value is -0.380. The van der Waals surface area contributed by atoms with Crippen LogP contribution in [0.2, 0.25) is 5.02 Å². The van der Waals surface area contributed by atoms with Crippen LogP contribution < -0.4 is 4.90 Å². The summed E-state index contributed by atoms with van der Waals surface area (Å²) in [4.78, 5) is 2.35. The molecule has 0 amide bonds. The fourth-order valence-corrected chi connectivity index (χ4v) is 3.59. The first-order valence-corrected chi connectivity index (χ1v) is 7.66. The van der Waals surface area contributed by atoms with Crippen molar-refractivity contribution in [3.8, 4) is 0 Å². The van der Waals surface area contributed by atoms with Gasteiger partial charge in [-0.3, -0.25) is 0 Å². The SMILES string of the molecule is CC1(C)CCN(c2ccc(CO)cc2Cl)CCS1. The van der Waals surface area contributed by atoms with E-state index in [0.29, 0.717) is 4.75 Å². The number of halogens is 1. The maximum Gasteiger partial charge on any atom is 0.0682 e. The molecule has 1 aliphatic rings. The first-order valence-electron chi connectivity index (χ1n) is 6.30. The molecule has 0 unspecified atom stereocenters. The minimum Gasteiger partial charge on any atom is -0.392 e. The van der Waals surface area contributed by atoms with Crippen LogP contribution in [-0.4, -0.2) is 28.7 Å². The third-order valence-corrected chi connectivity index (χ3v) is 5.05. The number of benzene rings is 1. The Bertz CT molecular complexity index is 422. The predicted octanol–water partition coefficient (Wildman–Crippen LogP) is 3.55. The molecular formula is C14H20ClNOS. The minimum absolute atomic E-state index is 0.0445. The van der Waals surface area contributed by atoms with Crippen molar-refractivity contribution in [3.05, 3.63) is 28.8 Å². The fourth-order valence-electron chi connectivity index (χ4n) is 2.17. The Morgan fingerprint density at radius 3 is 2.83 bits per heavy atom. The van der Waals surface area contributed by atoms with Crippen LogP contribution in [0.1, 0.15) is 25.8 Å². The van der Waals surface area contributed by atoms with Crippen molar-refractivity contribution in [1.29, 1.82) is 0 Å². The third-order valence-electron chi connectivity index (χ3n) is 3.37. The molecule has 100 valence electrons. The first-order chi connectivity index (χ1) is 8.52. The van der Waals surface area contributed by atoms with Gasteiger partial charge in [0.2, 0.25) is 0 Å². The fraction of sp³-hybridized carbons (Fsp3) is 0.571. The van der Waals surface area contributed by atoms with Crippen LogP contribution >= 0.6 is 23.4 Å². The second-order valence-corrected chi connectivity index (χ2v) is 7.50. The first kappa shape index (κ1) is 14.0. The molecule has 1 heterocycles. The third kappa shape index (κ3) is 3.34. The molecule has 0 saturated carbocycles. The Balaban J connectivity index is 2.16. The highest BCUT2D eigenvalue weighted by Gasteiger charge is 2.24. The number of hydrogen-bond acceptors (Lipinski definition) is 3. The summed E-state index contributed by atoms with van der Waals surface area (Å²) in [7, 11) is 0. The van der Waals surface area contributed by atoms with Gasteiger partial charge in [-0.05, 0) is 24.1 Å². The summed E-state index contributed by atoms with van der Waals surface area (Å²) in [6.07, 6.45) is 1.16. The van der Waals surface area contributed by atoms with E-state index in [1.807, 2.05) is 30.0 Å². The minimum atomic E-state index is 0.0445. The molecule has 0 radical (unpaired) electrons. The van der Waals surface area contributed by atoms with Crippen LogP contribution in [0.25, 0.3) is 0 Å². The van der Waals surface area contributed by atoms with E-state index in [1.54, 1.807) is 0 Å². The standard InChI is InChI=1S/C14H20ClNOS/c1-14(2)5-6-16(7-8-18-14)13-4-3-11(10-17)9-12(13)15/h3-4,9,17H,5-8,10H2,1-2H3. The number of rotatable bonds is 2. The molecule has 0 bridgehead atoms. The highest BCUT2D eigenvalue weighted by atomic mass is 35.5. The zero-order valence-corrected chi connectivity index (χ0v) is 12.5. The van der Waals surface area contributed by atoms with Crippen molar-refractivity contribution < 1.29 is 5.11 Å². The van der Waals surface area contributed by atoms with Crippen molar-refractivity contribution >= 4 is 29.1 Å². The summed E-state index contributed by atoms with van der Waals surface area (Å²) in [5.41, 5.74) is 1.96. The van der Waals surface area contributed by atoms with E-state index in [-0.39, 0.29) is 6.61 Å². The van der Waals surface area contributed by atoms with Crippen LogP contribution in [-0.2, 0) is 6.61 Å². The quantitative estimate of drug-likeness (QED) is 0.899. The molecule has 4 heteroatoms. The number of aliphatic hydroxyl groups is 1. The van der Waals surface area contributed by atoms with E-state index in [4.69, 9.17) is 16.7 Å². The van der Waals surface area contributed by atoms with Crippen molar-refractivity contribution in [2.75, 3.05) is 23.7 Å². The number of nitrogens with zero attached hydrogens (tertiary/aromatic N) is 1. The molecule has 1 aromatic rings. The Morgan fingerprint density at radius 1 is 1.39 bits per heavy atom. The number of aliphatic hydroxyl groups excluding tert-OH is 1. The van der Waals surface area contributed by atoms with E-state index in [2.05, 4.69) is 18.7 Å². The van der Waals surface area contributed by atoms with Crippen molar-refractivity contribution in [1.82, 2.24) is 0 Å². The van der Waals surface area contributed by atoms with Gasteiger partial charge in [0.25, 0.3) is 0 Å². The molecule has 1 N–H and O–H groups in total. The van der Waals surface area contributed by atoms with E-state index in [1.165, 1.54) is 0 Å². The second-order valence-electron chi connectivity index (χ2n) is 5.29. The summed E-state index contributed by atoms with van der Waals surface area (Å²) in [6, 6.07) is 5.83. The zero-order valence-electron chi connectivity index (χ0n) is 10.9. The maximum absolute atomic E-state index is 9.10. The number of thioether (sulfide) groups is 1. The van der Waals surface area contributed by atoms with Crippen LogP contribution in [0.15, 0.2) is 18.2 Å². The van der Waals surface area contributed by atoms with Gasteiger partial charge in [-0.2, -0.15) is 11.8 Å². The molecule has 0 aromatic heterocycles. The molecule has 1 fully saturated rings. The lowest BCUT2D eigenvalue weighted by Gasteiger charge is -2.25. The average Bonchev–Trinajstić information content (AvgIpc) is 2.50. The highest BCUT2D eigenvalue weighted by molar-refractivity contribution is 8.00. The summed E-state index contributed by atoms with van der Waals surface area (Å²) < 4.78 is 0.353. The number of hydrogen-bond donors (Lipinski definition) is 1.